The lowest BCUT2D eigenvalue weighted by Crippen LogP contribution is -2.25. The molecule has 0 aliphatic carbocycles. The van der Waals surface area contributed by atoms with Crippen LogP contribution >= 0.6 is 0 Å². The van der Waals surface area contributed by atoms with Crippen molar-refractivity contribution in [3.05, 3.63) is 24.0 Å². The number of aromatic nitrogens is 2. The molecule has 0 bridgehead atoms. The molecule has 0 saturated carbocycles. The van der Waals surface area contributed by atoms with Gasteiger partial charge in [-0.15, -0.1) is 0 Å². The second-order valence-electron chi connectivity index (χ2n) is 4.08. The standard InChI is InChI=1S/C12H16N4O/c1-3-11-15-9-6-8(13)4-5-10(9)16(11)7(2)12(14)17/h4-7H,3,13H2,1-2H3,(H2,14,17). The van der Waals surface area contributed by atoms with Gasteiger partial charge in [0.15, 0.2) is 0 Å². The first-order valence-corrected chi connectivity index (χ1v) is 5.60. The predicted octanol–water partition coefficient (Wildman–Crippen LogP) is 1.23. The molecule has 0 aliphatic rings. The Morgan fingerprint density at radius 2 is 2.24 bits per heavy atom. The monoisotopic (exact) mass is 232 g/mol. The molecule has 2 aromatic rings. The minimum Gasteiger partial charge on any atom is -0.399 e. The highest BCUT2D eigenvalue weighted by molar-refractivity contribution is 5.84. The summed E-state index contributed by atoms with van der Waals surface area (Å²) in [6, 6.07) is 5.07. The fourth-order valence-corrected chi connectivity index (χ4v) is 1.97. The Kier molecular flexibility index (Phi) is 2.75. The summed E-state index contributed by atoms with van der Waals surface area (Å²) in [5.74, 6) is 0.479. The Morgan fingerprint density at radius 3 is 2.82 bits per heavy atom. The van der Waals surface area contributed by atoms with Gasteiger partial charge in [-0.2, -0.15) is 0 Å². The minimum atomic E-state index is -0.404. The Morgan fingerprint density at radius 1 is 1.53 bits per heavy atom. The Hall–Kier alpha value is -2.04. The van der Waals surface area contributed by atoms with Crippen LogP contribution < -0.4 is 11.5 Å². The summed E-state index contributed by atoms with van der Waals surface area (Å²) in [7, 11) is 0. The zero-order valence-electron chi connectivity index (χ0n) is 9.97. The van der Waals surface area contributed by atoms with E-state index in [1.54, 1.807) is 19.1 Å². The number of amides is 1. The molecule has 90 valence electrons. The number of carbonyl (C=O) groups is 1. The van der Waals surface area contributed by atoms with E-state index in [1.165, 1.54) is 0 Å². The second kappa shape index (κ2) is 4.08. The third kappa shape index (κ3) is 1.84. The lowest BCUT2D eigenvalue weighted by atomic mass is 10.2. The Labute approximate surface area is 99.4 Å². The van der Waals surface area contributed by atoms with E-state index in [1.807, 2.05) is 17.6 Å². The molecule has 5 nitrogen and oxygen atoms in total. The molecule has 0 radical (unpaired) electrons. The molecule has 0 spiro atoms. The maximum absolute atomic E-state index is 11.3. The van der Waals surface area contributed by atoms with E-state index < -0.39 is 6.04 Å². The smallest absolute Gasteiger partial charge is 0.240 e. The number of nitrogens with zero attached hydrogens (tertiary/aromatic N) is 2. The van der Waals surface area contributed by atoms with Gasteiger partial charge < -0.3 is 16.0 Å². The number of aryl methyl sites for hydroxylation is 1. The van der Waals surface area contributed by atoms with Gasteiger partial charge in [0.05, 0.1) is 11.0 Å². The number of anilines is 1. The van der Waals surface area contributed by atoms with E-state index in [0.29, 0.717) is 5.69 Å². The number of fused-ring (bicyclic) bond motifs is 1. The number of rotatable bonds is 3. The van der Waals surface area contributed by atoms with Crippen LogP contribution in [0.15, 0.2) is 18.2 Å². The topological polar surface area (TPSA) is 86.9 Å². The number of nitrogen functional groups attached to an aromatic ring is 1. The molecule has 1 aromatic heterocycles. The minimum absolute atomic E-state index is 0.365. The lowest BCUT2D eigenvalue weighted by Gasteiger charge is -2.13. The molecule has 1 heterocycles. The van der Waals surface area contributed by atoms with Gasteiger partial charge >= 0.3 is 0 Å². The maximum Gasteiger partial charge on any atom is 0.240 e. The molecule has 17 heavy (non-hydrogen) atoms. The first-order chi connectivity index (χ1) is 8.04. The molecule has 4 N–H and O–H groups in total. The van der Waals surface area contributed by atoms with Crippen molar-refractivity contribution in [1.29, 1.82) is 0 Å². The number of benzene rings is 1. The number of carbonyl (C=O) groups excluding carboxylic acids is 1. The lowest BCUT2D eigenvalue weighted by molar-refractivity contribution is -0.120. The number of hydrogen-bond donors (Lipinski definition) is 2. The van der Waals surface area contributed by atoms with E-state index >= 15 is 0 Å². The van der Waals surface area contributed by atoms with Gasteiger partial charge in [-0.05, 0) is 25.1 Å². The number of nitrogens with two attached hydrogens (primary N) is 2. The first-order valence-electron chi connectivity index (χ1n) is 5.60. The van der Waals surface area contributed by atoms with Crippen LogP contribution in [0.2, 0.25) is 0 Å². The van der Waals surface area contributed by atoms with Gasteiger partial charge in [-0.25, -0.2) is 4.98 Å². The molecular weight excluding hydrogens is 216 g/mol. The van der Waals surface area contributed by atoms with Crippen molar-refractivity contribution in [2.75, 3.05) is 5.73 Å². The van der Waals surface area contributed by atoms with Crippen molar-refractivity contribution in [3.63, 3.8) is 0 Å². The van der Waals surface area contributed by atoms with Gasteiger partial charge in [0.25, 0.3) is 0 Å². The summed E-state index contributed by atoms with van der Waals surface area (Å²) < 4.78 is 1.87. The van der Waals surface area contributed by atoms with Gasteiger partial charge in [-0.3, -0.25) is 4.79 Å². The van der Waals surface area contributed by atoms with Crippen LogP contribution in [0.4, 0.5) is 5.69 Å². The van der Waals surface area contributed by atoms with Crippen LogP contribution in [0.5, 0.6) is 0 Å². The van der Waals surface area contributed by atoms with Crippen LogP contribution in [0.3, 0.4) is 0 Å². The SMILES string of the molecule is CCc1nc2cc(N)ccc2n1C(C)C(N)=O. The van der Waals surface area contributed by atoms with Crippen molar-refractivity contribution in [1.82, 2.24) is 9.55 Å². The van der Waals surface area contributed by atoms with Gasteiger partial charge in [-0.1, -0.05) is 6.92 Å². The largest absolute Gasteiger partial charge is 0.399 e. The van der Waals surface area contributed by atoms with Gasteiger partial charge in [0.1, 0.15) is 11.9 Å². The van der Waals surface area contributed by atoms with Crippen molar-refractivity contribution in [3.8, 4) is 0 Å². The van der Waals surface area contributed by atoms with Crippen molar-refractivity contribution in [2.24, 2.45) is 5.73 Å². The van der Waals surface area contributed by atoms with Crippen molar-refractivity contribution < 1.29 is 4.79 Å². The van der Waals surface area contributed by atoms with Crippen molar-refractivity contribution in [2.45, 2.75) is 26.3 Å². The summed E-state index contributed by atoms with van der Waals surface area (Å²) >= 11 is 0. The zero-order valence-corrected chi connectivity index (χ0v) is 9.97. The predicted molar refractivity (Wildman–Crippen MR) is 67.4 cm³/mol. The molecule has 1 unspecified atom stereocenters. The quantitative estimate of drug-likeness (QED) is 0.780. The summed E-state index contributed by atoms with van der Waals surface area (Å²) in [4.78, 5) is 15.8. The van der Waals surface area contributed by atoms with E-state index in [2.05, 4.69) is 4.98 Å². The third-order valence-corrected chi connectivity index (χ3v) is 2.90. The number of hydrogen-bond acceptors (Lipinski definition) is 3. The highest BCUT2D eigenvalue weighted by Gasteiger charge is 2.18. The van der Waals surface area contributed by atoms with Gasteiger partial charge in [0.2, 0.25) is 5.91 Å². The molecule has 1 amide bonds. The Balaban J connectivity index is 2.70. The zero-order chi connectivity index (χ0) is 12.6. The fourth-order valence-electron chi connectivity index (χ4n) is 1.97. The number of primary amides is 1. The summed E-state index contributed by atoms with van der Waals surface area (Å²) in [5.41, 5.74) is 13.4. The summed E-state index contributed by atoms with van der Waals surface area (Å²) in [6.45, 7) is 3.77. The fraction of sp³-hybridized carbons (Fsp3) is 0.333. The summed E-state index contributed by atoms with van der Waals surface area (Å²) in [6.07, 6.45) is 0.742. The number of imidazole rings is 1. The van der Waals surface area contributed by atoms with Crippen LogP contribution in [-0.4, -0.2) is 15.5 Å². The molecule has 1 atom stereocenters. The molecule has 0 fully saturated rings. The highest BCUT2D eigenvalue weighted by atomic mass is 16.1. The molecule has 2 rings (SSSR count). The summed E-state index contributed by atoms with van der Waals surface area (Å²) in [5, 5.41) is 0. The molecule has 1 aromatic carbocycles. The van der Waals surface area contributed by atoms with E-state index in [4.69, 9.17) is 11.5 Å². The average molecular weight is 232 g/mol. The van der Waals surface area contributed by atoms with E-state index in [9.17, 15) is 4.79 Å². The average Bonchev–Trinajstić information content (AvgIpc) is 2.65. The van der Waals surface area contributed by atoms with E-state index in [-0.39, 0.29) is 5.91 Å². The molecule has 0 saturated heterocycles. The van der Waals surface area contributed by atoms with Gasteiger partial charge in [0, 0.05) is 12.1 Å². The van der Waals surface area contributed by atoms with E-state index in [0.717, 1.165) is 23.3 Å². The van der Waals surface area contributed by atoms with Crippen LogP contribution in [-0.2, 0) is 11.2 Å². The molecule has 0 aliphatic heterocycles. The van der Waals surface area contributed by atoms with Crippen molar-refractivity contribution >= 4 is 22.6 Å². The second-order valence-corrected chi connectivity index (χ2v) is 4.08. The van der Waals surface area contributed by atoms with Crippen LogP contribution in [0, 0.1) is 0 Å². The maximum atomic E-state index is 11.3. The third-order valence-electron chi connectivity index (χ3n) is 2.90. The normalized spacial score (nSPS) is 12.8. The first kappa shape index (κ1) is 11.4. The van der Waals surface area contributed by atoms with Crippen LogP contribution in [0.25, 0.3) is 11.0 Å². The van der Waals surface area contributed by atoms with Crippen LogP contribution in [0.1, 0.15) is 25.7 Å². The highest BCUT2D eigenvalue weighted by Crippen LogP contribution is 2.23. The Bertz CT molecular complexity index is 573. The molecular formula is C12H16N4O. The molecule has 5 heteroatoms.